The molecule has 4 aromatic rings. The van der Waals surface area contributed by atoms with Gasteiger partial charge in [-0.25, -0.2) is 0 Å². The van der Waals surface area contributed by atoms with Gasteiger partial charge in [0, 0.05) is 46.5 Å². The summed E-state index contributed by atoms with van der Waals surface area (Å²) in [4.78, 5) is 16.1. The van der Waals surface area contributed by atoms with Crippen LogP contribution in [0.4, 0.5) is 5.69 Å². The van der Waals surface area contributed by atoms with E-state index in [1.807, 2.05) is 71.6 Å². The number of carbonyl (C=O) groups is 1. The number of ether oxygens (including phenoxy) is 4. The summed E-state index contributed by atoms with van der Waals surface area (Å²) in [5.74, 6) is 2.79. The third-order valence-electron chi connectivity index (χ3n) is 8.36. The van der Waals surface area contributed by atoms with Crippen LogP contribution in [0.25, 0.3) is 6.08 Å². The second-order valence-corrected chi connectivity index (χ2v) is 10.3. The smallest absolute Gasteiger partial charge is 0.258 e. The van der Waals surface area contributed by atoms with Crippen molar-refractivity contribution in [2.45, 2.75) is 18.3 Å². The number of methoxy groups -OCH3 is 4. The van der Waals surface area contributed by atoms with E-state index in [4.69, 9.17) is 18.9 Å². The van der Waals surface area contributed by atoms with Crippen molar-refractivity contribution < 1.29 is 23.7 Å². The minimum absolute atomic E-state index is 0.0133. The zero-order chi connectivity index (χ0) is 28.6. The van der Waals surface area contributed by atoms with Crippen LogP contribution in [0.15, 0.2) is 84.9 Å². The fourth-order valence-electron chi connectivity index (χ4n) is 6.27. The van der Waals surface area contributed by atoms with E-state index >= 15 is 0 Å². The van der Waals surface area contributed by atoms with E-state index in [9.17, 15) is 4.79 Å². The van der Waals surface area contributed by atoms with Crippen molar-refractivity contribution in [3.8, 4) is 23.0 Å². The Bertz CT molecular complexity index is 1600. The predicted octanol–water partition coefficient (Wildman–Crippen LogP) is 6.48. The van der Waals surface area contributed by atoms with Crippen LogP contribution in [0.2, 0.25) is 0 Å². The summed E-state index contributed by atoms with van der Waals surface area (Å²) in [6.07, 6.45) is 5.69. The molecule has 0 saturated heterocycles. The summed E-state index contributed by atoms with van der Waals surface area (Å²) in [5, 5.41) is 0. The molecule has 6 nitrogen and oxygen atoms in total. The fourth-order valence-corrected chi connectivity index (χ4v) is 6.27. The van der Waals surface area contributed by atoms with Gasteiger partial charge in [-0.05, 0) is 53.8 Å². The average Bonchev–Trinajstić information content (AvgIpc) is 3.47. The van der Waals surface area contributed by atoms with Crippen LogP contribution in [0.5, 0.6) is 23.0 Å². The third-order valence-corrected chi connectivity index (χ3v) is 8.36. The molecule has 1 aliphatic heterocycles. The first-order chi connectivity index (χ1) is 20.0. The molecule has 2 aliphatic rings. The molecule has 1 amide bonds. The third kappa shape index (κ3) is 4.40. The molecule has 0 saturated carbocycles. The molecular weight excluding hydrogens is 514 g/mol. The summed E-state index contributed by atoms with van der Waals surface area (Å²) in [6, 6.07) is 25.9. The van der Waals surface area contributed by atoms with Crippen molar-refractivity contribution in [1.82, 2.24) is 0 Å². The topological polar surface area (TPSA) is 57.2 Å². The van der Waals surface area contributed by atoms with Gasteiger partial charge in [-0.15, -0.1) is 0 Å². The Hall–Kier alpha value is -4.71. The maximum atomic E-state index is 14.2. The molecule has 0 bridgehead atoms. The molecule has 0 N–H and O–H groups in total. The van der Waals surface area contributed by atoms with Gasteiger partial charge in [0.05, 0.1) is 28.4 Å². The molecule has 0 radical (unpaired) electrons. The van der Waals surface area contributed by atoms with E-state index in [0.717, 1.165) is 34.4 Å². The van der Waals surface area contributed by atoms with E-state index in [2.05, 4.69) is 24.3 Å². The van der Waals surface area contributed by atoms with Gasteiger partial charge >= 0.3 is 0 Å². The van der Waals surface area contributed by atoms with Gasteiger partial charge in [0.1, 0.15) is 23.0 Å². The Balaban J connectivity index is 1.54. The number of carbonyl (C=O) groups excluding carboxylic acids is 1. The lowest BCUT2D eigenvalue weighted by Crippen LogP contribution is -2.35. The molecule has 4 aromatic carbocycles. The zero-order valence-electron chi connectivity index (χ0n) is 23.8. The summed E-state index contributed by atoms with van der Waals surface area (Å²) < 4.78 is 22.9. The highest BCUT2D eigenvalue weighted by Gasteiger charge is 2.41. The fraction of sp³-hybridized carbons (Fsp3) is 0.229. The number of anilines is 1. The van der Waals surface area contributed by atoms with Crippen LogP contribution in [-0.4, -0.2) is 40.9 Å². The van der Waals surface area contributed by atoms with Gasteiger partial charge in [-0.1, -0.05) is 54.6 Å². The number of allylic oxidation sites excluding steroid dienone is 1. The number of hydrogen-bond acceptors (Lipinski definition) is 5. The highest BCUT2D eigenvalue weighted by molar-refractivity contribution is 6.08. The minimum atomic E-state index is -0.707. The summed E-state index contributed by atoms with van der Waals surface area (Å²) in [6.45, 7) is 0.668. The molecule has 0 atom stereocenters. The van der Waals surface area contributed by atoms with Crippen molar-refractivity contribution in [2.75, 3.05) is 39.9 Å². The molecule has 1 aliphatic carbocycles. The molecular formula is C35H33NO5. The number of nitrogens with zero attached hydrogens (tertiary/aromatic N) is 1. The van der Waals surface area contributed by atoms with Crippen molar-refractivity contribution >= 4 is 17.7 Å². The Labute approximate surface area is 240 Å². The SMILES string of the molecule is COc1ccc(C2(c3ccc(OC)cc3OC)C=Cc3cccc(C(=O)N4CCc5ccccc54)c3C2)c(OC)c1. The van der Waals surface area contributed by atoms with Gasteiger partial charge in [0.25, 0.3) is 5.91 Å². The van der Waals surface area contributed by atoms with Gasteiger partial charge in [-0.3, -0.25) is 4.79 Å². The standard InChI is InChI=1S/C35H33NO5/c1-38-25-12-14-29(32(20-25)40-3)35(30-15-13-26(39-2)21-33(30)41-4)18-16-23-9-7-10-27(28(23)22-35)34(37)36-19-17-24-8-5-6-11-31(24)36/h5-16,18,20-21H,17,19,22H2,1-4H3. The average molecular weight is 548 g/mol. The zero-order valence-corrected chi connectivity index (χ0v) is 23.8. The Morgan fingerprint density at radius 3 is 2.05 bits per heavy atom. The maximum Gasteiger partial charge on any atom is 0.258 e. The van der Waals surface area contributed by atoms with E-state index in [-0.39, 0.29) is 5.91 Å². The van der Waals surface area contributed by atoms with Crippen molar-refractivity contribution in [3.63, 3.8) is 0 Å². The summed E-state index contributed by atoms with van der Waals surface area (Å²) in [7, 11) is 6.61. The lowest BCUT2D eigenvalue weighted by Gasteiger charge is -2.38. The predicted molar refractivity (Wildman–Crippen MR) is 161 cm³/mol. The first kappa shape index (κ1) is 26.5. The second-order valence-electron chi connectivity index (χ2n) is 10.3. The Kier molecular flexibility index (Phi) is 6.91. The van der Waals surface area contributed by atoms with Crippen LogP contribution in [-0.2, 0) is 18.3 Å². The molecule has 0 fully saturated rings. The minimum Gasteiger partial charge on any atom is -0.497 e. The molecule has 6 heteroatoms. The number of fused-ring (bicyclic) bond motifs is 2. The van der Waals surface area contributed by atoms with Crippen molar-refractivity contribution in [1.29, 1.82) is 0 Å². The number of rotatable bonds is 7. The van der Waals surface area contributed by atoms with Gasteiger partial charge in [0.15, 0.2) is 0 Å². The highest BCUT2D eigenvalue weighted by Crippen LogP contribution is 2.50. The number of benzene rings is 4. The second kappa shape index (κ2) is 10.7. The molecule has 0 spiro atoms. The normalized spacial score (nSPS) is 14.7. The Morgan fingerprint density at radius 1 is 0.756 bits per heavy atom. The number of para-hydroxylation sites is 1. The van der Waals surface area contributed by atoms with E-state index in [1.54, 1.807) is 28.4 Å². The maximum absolute atomic E-state index is 14.2. The summed E-state index contributed by atoms with van der Waals surface area (Å²) >= 11 is 0. The van der Waals surface area contributed by atoms with Crippen LogP contribution in [0.3, 0.4) is 0 Å². The van der Waals surface area contributed by atoms with E-state index < -0.39 is 5.41 Å². The Morgan fingerprint density at radius 2 is 1.41 bits per heavy atom. The van der Waals surface area contributed by atoms with E-state index in [1.165, 1.54) is 5.56 Å². The van der Waals surface area contributed by atoms with Gasteiger partial charge in [-0.2, -0.15) is 0 Å². The number of amides is 1. The van der Waals surface area contributed by atoms with Crippen LogP contribution in [0.1, 0.15) is 38.2 Å². The van der Waals surface area contributed by atoms with Crippen LogP contribution in [0, 0.1) is 0 Å². The van der Waals surface area contributed by atoms with Crippen LogP contribution >= 0.6 is 0 Å². The van der Waals surface area contributed by atoms with Gasteiger partial charge < -0.3 is 23.8 Å². The molecule has 0 unspecified atom stereocenters. The lowest BCUT2D eigenvalue weighted by molar-refractivity contribution is 0.0988. The van der Waals surface area contributed by atoms with Gasteiger partial charge in [0.2, 0.25) is 0 Å². The molecule has 6 rings (SSSR count). The molecule has 208 valence electrons. The molecule has 0 aromatic heterocycles. The van der Waals surface area contributed by atoms with Crippen LogP contribution < -0.4 is 23.8 Å². The number of hydrogen-bond donors (Lipinski definition) is 0. The highest BCUT2D eigenvalue weighted by atomic mass is 16.5. The lowest BCUT2D eigenvalue weighted by atomic mass is 9.66. The molecule has 1 heterocycles. The first-order valence-corrected chi connectivity index (χ1v) is 13.7. The first-order valence-electron chi connectivity index (χ1n) is 13.7. The largest absolute Gasteiger partial charge is 0.497 e. The monoisotopic (exact) mass is 547 g/mol. The molecule has 41 heavy (non-hydrogen) atoms. The van der Waals surface area contributed by atoms with E-state index in [0.29, 0.717) is 41.5 Å². The van der Waals surface area contributed by atoms with Crippen molar-refractivity contribution in [3.05, 3.63) is 118 Å². The summed E-state index contributed by atoms with van der Waals surface area (Å²) in [5.41, 5.74) is 6.08. The van der Waals surface area contributed by atoms with Crippen molar-refractivity contribution in [2.24, 2.45) is 0 Å². The quantitative estimate of drug-likeness (QED) is 0.265.